The van der Waals surface area contributed by atoms with Crippen LogP contribution in [-0.2, 0) is 13.0 Å². The average molecular weight is 362 g/mol. The lowest BCUT2D eigenvalue weighted by molar-refractivity contribution is 0.326. The first-order chi connectivity index (χ1) is 13.3. The van der Waals surface area contributed by atoms with E-state index in [-0.39, 0.29) is 0 Å². The van der Waals surface area contributed by atoms with Crippen LogP contribution in [0.4, 0.5) is 0 Å². The predicted octanol–water partition coefficient (Wildman–Crippen LogP) is 4.93. The quantitative estimate of drug-likeness (QED) is 0.809. The van der Waals surface area contributed by atoms with E-state index in [1.165, 1.54) is 46.5 Å². The minimum atomic E-state index is 0.665. The van der Waals surface area contributed by atoms with Gasteiger partial charge in [0.25, 0.3) is 0 Å². The van der Waals surface area contributed by atoms with Crippen molar-refractivity contribution in [3.8, 4) is 0 Å². The molecular formula is C24H31N3. The lowest BCUT2D eigenvalue weighted by atomic mass is 9.88. The van der Waals surface area contributed by atoms with Crippen LogP contribution >= 0.6 is 0 Å². The van der Waals surface area contributed by atoms with E-state index >= 15 is 0 Å². The molecule has 0 saturated carbocycles. The Morgan fingerprint density at radius 3 is 2.70 bits per heavy atom. The third-order valence-corrected chi connectivity index (χ3v) is 6.08. The van der Waals surface area contributed by atoms with Crippen LogP contribution in [0.2, 0.25) is 0 Å². The van der Waals surface area contributed by atoms with Gasteiger partial charge in [-0.1, -0.05) is 36.4 Å². The number of piperidine rings is 1. The minimum absolute atomic E-state index is 0.665. The highest BCUT2D eigenvalue weighted by Crippen LogP contribution is 2.32. The summed E-state index contributed by atoms with van der Waals surface area (Å²) >= 11 is 0. The van der Waals surface area contributed by atoms with E-state index in [9.17, 15) is 0 Å². The lowest BCUT2D eigenvalue weighted by Crippen LogP contribution is -2.28. The molecule has 2 N–H and O–H groups in total. The molecule has 1 fully saturated rings. The molecule has 0 amide bonds. The van der Waals surface area contributed by atoms with Crippen molar-refractivity contribution < 1.29 is 0 Å². The van der Waals surface area contributed by atoms with Crippen LogP contribution in [0.5, 0.6) is 0 Å². The maximum Gasteiger partial charge on any atom is 0.0474 e. The van der Waals surface area contributed by atoms with Crippen molar-refractivity contribution in [2.45, 2.75) is 45.6 Å². The van der Waals surface area contributed by atoms with Gasteiger partial charge in [0.2, 0.25) is 0 Å². The second kappa shape index (κ2) is 8.18. The molecule has 142 valence electrons. The molecule has 0 radical (unpaired) electrons. The van der Waals surface area contributed by atoms with Crippen LogP contribution in [-0.4, -0.2) is 29.5 Å². The topological polar surface area (TPSA) is 31.1 Å². The number of benzene rings is 1. The van der Waals surface area contributed by atoms with Crippen molar-refractivity contribution in [3.05, 3.63) is 70.2 Å². The molecule has 3 heterocycles. The summed E-state index contributed by atoms with van der Waals surface area (Å²) in [6, 6.07) is 8.85. The predicted molar refractivity (Wildman–Crippen MR) is 115 cm³/mol. The van der Waals surface area contributed by atoms with Crippen LogP contribution in [0.1, 0.15) is 60.6 Å². The minimum Gasteiger partial charge on any atom is -0.370 e. The standard InChI is InChI=1S/C24H31N3/c1-3-6-22-23(20-9-12-25-13-10-20)16-26-24(22)15-18(2)27-14-11-19-7-4-5-8-21(19)17-27/h3-8,15-16,20,25-26H,9-14,17H2,1-2H3/b6-3-,18-15+. The molecule has 2 aromatic rings. The van der Waals surface area contributed by atoms with Gasteiger partial charge in [-0.15, -0.1) is 0 Å². The van der Waals surface area contributed by atoms with Gasteiger partial charge in [-0.25, -0.2) is 0 Å². The second-order valence-corrected chi connectivity index (χ2v) is 7.82. The fraction of sp³-hybridized carbons (Fsp3) is 0.417. The van der Waals surface area contributed by atoms with E-state index in [0.29, 0.717) is 5.92 Å². The largest absolute Gasteiger partial charge is 0.370 e. The zero-order valence-electron chi connectivity index (χ0n) is 16.6. The van der Waals surface area contributed by atoms with Crippen molar-refractivity contribution in [1.82, 2.24) is 15.2 Å². The highest BCUT2D eigenvalue weighted by molar-refractivity contribution is 5.67. The van der Waals surface area contributed by atoms with Crippen molar-refractivity contribution in [2.75, 3.05) is 19.6 Å². The number of rotatable bonds is 4. The normalized spacial score (nSPS) is 18.9. The zero-order valence-corrected chi connectivity index (χ0v) is 16.6. The first kappa shape index (κ1) is 18.1. The van der Waals surface area contributed by atoms with Gasteiger partial charge >= 0.3 is 0 Å². The summed E-state index contributed by atoms with van der Waals surface area (Å²) < 4.78 is 0. The monoisotopic (exact) mass is 361 g/mol. The van der Waals surface area contributed by atoms with E-state index < -0.39 is 0 Å². The van der Waals surface area contributed by atoms with Crippen molar-refractivity contribution in [2.24, 2.45) is 0 Å². The van der Waals surface area contributed by atoms with Gasteiger partial charge in [0.05, 0.1) is 0 Å². The number of nitrogens with one attached hydrogen (secondary N) is 2. The van der Waals surface area contributed by atoms with Gasteiger partial charge in [0.15, 0.2) is 0 Å². The smallest absolute Gasteiger partial charge is 0.0474 e. The average Bonchev–Trinajstić information content (AvgIpc) is 3.11. The zero-order chi connectivity index (χ0) is 18.6. The molecule has 0 aliphatic carbocycles. The van der Waals surface area contributed by atoms with Gasteiger partial charge < -0.3 is 15.2 Å². The molecule has 1 saturated heterocycles. The Hall–Kier alpha value is -2.26. The third kappa shape index (κ3) is 3.89. The Kier molecular flexibility index (Phi) is 5.49. The molecule has 0 atom stereocenters. The molecule has 27 heavy (non-hydrogen) atoms. The van der Waals surface area contributed by atoms with Gasteiger partial charge in [0.1, 0.15) is 0 Å². The summed E-state index contributed by atoms with van der Waals surface area (Å²) in [5.74, 6) is 0.665. The number of hydrogen-bond acceptors (Lipinski definition) is 2. The fourth-order valence-electron chi connectivity index (χ4n) is 4.51. The molecule has 0 spiro atoms. The molecule has 3 nitrogen and oxygen atoms in total. The van der Waals surface area contributed by atoms with Crippen LogP contribution in [0.15, 0.2) is 42.2 Å². The summed E-state index contributed by atoms with van der Waals surface area (Å²) in [6.45, 7) is 8.73. The SMILES string of the molecule is C/C=C\c1c(C2CCNCC2)c[nH]c1/C=C(\C)N1CCc2ccccc2C1. The molecule has 4 rings (SSSR count). The Morgan fingerprint density at radius 2 is 1.93 bits per heavy atom. The second-order valence-electron chi connectivity index (χ2n) is 7.82. The van der Waals surface area contributed by atoms with E-state index in [1.807, 2.05) is 0 Å². The summed E-state index contributed by atoms with van der Waals surface area (Å²) in [5.41, 5.74) is 8.42. The van der Waals surface area contributed by atoms with Gasteiger partial charge in [-0.2, -0.15) is 0 Å². The maximum absolute atomic E-state index is 3.57. The number of nitrogens with zero attached hydrogens (tertiary/aromatic N) is 1. The van der Waals surface area contributed by atoms with E-state index in [4.69, 9.17) is 0 Å². The lowest BCUT2D eigenvalue weighted by Gasteiger charge is -2.31. The van der Waals surface area contributed by atoms with E-state index in [0.717, 1.165) is 32.6 Å². The molecular weight excluding hydrogens is 330 g/mol. The fourth-order valence-corrected chi connectivity index (χ4v) is 4.51. The number of aromatic amines is 1. The third-order valence-electron chi connectivity index (χ3n) is 6.08. The molecule has 0 unspecified atom stereocenters. The maximum atomic E-state index is 3.57. The highest BCUT2D eigenvalue weighted by Gasteiger charge is 2.21. The van der Waals surface area contributed by atoms with Crippen molar-refractivity contribution in [3.63, 3.8) is 0 Å². The molecule has 1 aromatic heterocycles. The van der Waals surface area contributed by atoms with Gasteiger partial charge in [0, 0.05) is 36.2 Å². The van der Waals surface area contributed by atoms with Crippen LogP contribution in [0, 0.1) is 0 Å². The first-order valence-electron chi connectivity index (χ1n) is 10.3. The summed E-state index contributed by atoms with van der Waals surface area (Å²) in [4.78, 5) is 6.08. The molecule has 0 bridgehead atoms. The Bertz CT molecular complexity index is 837. The number of fused-ring (bicyclic) bond motifs is 1. The molecule has 3 heteroatoms. The summed E-state index contributed by atoms with van der Waals surface area (Å²) in [7, 11) is 0. The van der Waals surface area contributed by atoms with Crippen molar-refractivity contribution in [1.29, 1.82) is 0 Å². The van der Waals surface area contributed by atoms with Gasteiger partial charge in [-0.3, -0.25) is 0 Å². The number of allylic oxidation sites excluding steroid dienone is 2. The summed E-state index contributed by atoms with van der Waals surface area (Å²) in [6.07, 6.45) is 12.6. The van der Waals surface area contributed by atoms with Crippen LogP contribution in [0.25, 0.3) is 12.2 Å². The number of H-pyrrole nitrogens is 1. The molecule has 2 aliphatic heterocycles. The van der Waals surface area contributed by atoms with Crippen LogP contribution < -0.4 is 5.32 Å². The van der Waals surface area contributed by atoms with Crippen LogP contribution in [0.3, 0.4) is 0 Å². The number of aromatic nitrogens is 1. The van der Waals surface area contributed by atoms with E-state index in [1.54, 1.807) is 0 Å². The highest BCUT2D eigenvalue weighted by atomic mass is 15.1. The summed E-state index contributed by atoms with van der Waals surface area (Å²) in [5, 5.41) is 3.48. The Morgan fingerprint density at radius 1 is 1.15 bits per heavy atom. The Balaban J connectivity index is 1.58. The molecule has 1 aromatic carbocycles. The number of hydrogen-bond donors (Lipinski definition) is 2. The van der Waals surface area contributed by atoms with E-state index in [2.05, 4.69) is 77.7 Å². The molecule has 2 aliphatic rings. The Labute approximate surface area is 163 Å². The first-order valence-corrected chi connectivity index (χ1v) is 10.3. The van der Waals surface area contributed by atoms with Crippen molar-refractivity contribution >= 4 is 12.2 Å². The van der Waals surface area contributed by atoms with Gasteiger partial charge in [-0.05, 0) is 74.9 Å².